The van der Waals surface area contributed by atoms with E-state index < -0.39 is 0 Å². The van der Waals surface area contributed by atoms with Crippen molar-refractivity contribution in [1.82, 2.24) is 4.90 Å². The highest BCUT2D eigenvalue weighted by Gasteiger charge is 2.22. The highest BCUT2D eigenvalue weighted by molar-refractivity contribution is 6.09. The number of ketones is 1. The van der Waals surface area contributed by atoms with Crippen LogP contribution >= 0.6 is 0 Å². The van der Waals surface area contributed by atoms with Gasteiger partial charge in [-0.3, -0.25) is 4.79 Å². The van der Waals surface area contributed by atoms with Crippen molar-refractivity contribution in [3.8, 4) is 5.75 Å². The number of fused-ring (bicyclic) bond motifs is 3. The summed E-state index contributed by atoms with van der Waals surface area (Å²) in [7, 11) is 3.64. The van der Waals surface area contributed by atoms with Crippen LogP contribution in [0.3, 0.4) is 0 Å². The topological polar surface area (TPSA) is 70.8 Å². The molecule has 0 saturated carbocycles. The van der Waals surface area contributed by atoms with E-state index >= 15 is 0 Å². The molecule has 1 aromatic heterocycles. The molecule has 2 aromatic rings. The number of rotatable bonds is 3. The fourth-order valence-corrected chi connectivity index (χ4v) is 3.22. The van der Waals surface area contributed by atoms with Gasteiger partial charge in [0.1, 0.15) is 11.3 Å². The Bertz CT molecular complexity index is 906. The van der Waals surface area contributed by atoms with Crippen molar-refractivity contribution in [3.05, 3.63) is 51.0 Å². The van der Waals surface area contributed by atoms with E-state index in [-0.39, 0.29) is 22.7 Å². The summed E-state index contributed by atoms with van der Waals surface area (Å²) in [5.74, 6) is -0.406. The zero-order valence-electron chi connectivity index (χ0n) is 14.2. The monoisotopic (exact) mass is 327 g/mol. The van der Waals surface area contributed by atoms with Crippen molar-refractivity contribution >= 4 is 16.8 Å². The molecular weight excluding hydrogens is 306 g/mol. The number of phenols is 1. The van der Waals surface area contributed by atoms with Crippen molar-refractivity contribution in [2.75, 3.05) is 14.1 Å². The molecule has 0 bridgehead atoms. The van der Waals surface area contributed by atoms with Gasteiger partial charge in [-0.2, -0.15) is 0 Å². The number of hydrogen-bond donors (Lipinski definition) is 1. The SMILES string of the molecule is Cc1c(O)c(C(=O)C=CN(C)C)cc2c3c(c(=O)oc12)CCCC3. The molecular formula is C19H21NO4. The summed E-state index contributed by atoms with van der Waals surface area (Å²) in [5, 5.41) is 11.2. The van der Waals surface area contributed by atoms with Crippen molar-refractivity contribution in [2.24, 2.45) is 0 Å². The Hall–Kier alpha value is -2.56. The molecule has 1 aliphatic carbocycles. The maximum Gasteiger partial charge on any atom is 0.339 e. The third-order valence-electron chi connectivity index (χ3n) is 4.51. The van der Waals surface area contributed by atoms with E-state index in [9.17, 15) is 14.7 Å². The van der Waals surface area contributed by atoms with Crippen LogP contribution in [0.4, 0.5) is 0 Å². The van der Waals surface area contributed by atoms with Gasteiger partial charge in [0.2, 0.25) is 0 Å². The first-order valence-corrected chi connectivity index (χ1v) is 8.10. The first-order chi connectivity index (χ1) is 11.4. The van der Waals surface area contributed by atoms with Crippen LogP contribution in [0.5, 0.6) is 5.75 Å². The lowest BCUT2D eigenvalue weighted by atomic mass is 9.89. The highest BCUT2D eigenvalue weighted by atomic mass is 16.4. The lowest BCUT2D eigenvalue weighted by Crippen LogP contribution is -2.16. The van der Waals surface area contributed by atoms with Crippen LogP contribution in [-0.4, -0.2) is 29.9 Å². The van der Waals surface area contributed by atoms with Crippen LogP contribution in [0.25, 0.3) is 11.0 Å². The fraction of sp³-hybridized carbons (Fsp3) is 0.368. The third kappa shape index (κ3) is 2.70. The van der Waals surface area contributed by atoms with Gasteiger partial charge < -0.3 is 14.4 Å². The number of phenolic OH excluding ortho intramolecular Hbond substituents is 1. The van der Waals surface area contributed by atoms with Crippen LogP contribution in [-0.2, 0) is 12.8 Å². The lowest BCUT2D eigenvalue weighted by molar-refractivity contribution is 0.104. The summed E-state index contributed by atoms with van der Waals surface area (Å²) in [4.78, 5) is 26.4. The maximum absolute atomic E-state index is 12.4. The fourth-order valence-electron chi connectivity index (χ4n) is 3.22. The van der Waals surface area contributed by atoms with E-state index in [1.165, 1.54) is 6.08 Å². The summed E-state index contributed by atoms with van der Waals surface area (Å²) in [6.07, 6.45) is 6.54. The van der Waals surface area contributed by atoms with Crippen LogP contribution in [0.15, 0.2) is 27.6 Å². The molecule has 1 N–H and O–H groups in total. The van der Waals surface area contributed by atoms with Crippen molar-refractivity contribution < 1.29 is 14.3 Å². The number of allylic oxidation sites excluding steroid dienone is 1. The van der Waals surface area contributed by atoms with Gasteiger partial charge >= 0.3 is 5.63 Å². The number of benzene rings is 1. The van der Waals surface area contributed by atoms with Gasteiger partial charge in [0.15, 0.2) is 5.78 Å². The smallest absolute Gasteiger partial charge is 0.339 e. The average molecular weight is 327 g/mol. The molecule has 5 nitrogen and oxygen atoms in total. The molecule has 0 fully saturated rings. The summed E-state index contributed by atoms with van der Waals surface area (Å²) in [5.41, 5.74) is 2.39. The quantitative estimate of drug-likeness (QED) is 0.533. The largest absolute Gasteiger partial charge is 0.507 e. The highest BCUT2D eigenvalue weighted by Crippen LogP contribution is 2.35. The molecule has 1 aromatic carbocycles. The number of aryl methyl sites for hydroxylation is 2. The molecule has 0 unspecified atom stereocenters. The Morgan fingerprint density at radius 2 is 1.92 bits per heavy atom. The standard InChI is InChI=1S/C19H21NO4/c1-11-17(22)15(16(21)8-9-20(2)3)10-14-12-6-4-5-7-13(12)19(23)24-18(11)14/h8-10,22H,4-7H2,1-3H3. The molecule has 126 valence electrons. The van der Waals surface area contributed by atoms with Crippen LogP contribution in [0, 0.1) is 6.92 Å². The second-order valence-electron chi connectivity index (χ2n) is 6.47. The van der Waals surface area contributed by atoms with Crippen molar-refractivity contribution in [1.29, 1.82) is 0 Å². The van der Waals surface area contributed by atoms with Gasteiger partial charge in [-0.25, -0.2) is 4.79 Å². The summed E-state index contributed by atoms with van der Waals surface area (Å²) in [6.45, 7) is 1.67. The van der Waals surface area contributed by atoms with Crippen molar-refractivity contribution in [2.45, 2.75) is 32.6 Å². The molecule has 0 amide bonds. The minimum atomic E-state index is -0.328. The van der Waals surface area contributed by atoms with Gasteiger partial charge in [0.05, 0.1) is 5.56 Å². The third-order valence-corrected chi connectivity index (χ3v) is 4.51. The van der Waals surface area contributed by atoms with Crippen LogP contribution < -0.4 is 5.63 Å². The number of hydrogen-bond acceptors (Lipinski definition) is 5. The van der Waals surface area contributed by atoms with E-state index in [1.54, 1.807) is 24.1 Å². The molecule has 5 heteroatoms. The summed E-state index contributed by atoms with van der Waals surface area (Å²) < 4.78 is 5.45. The normalized spacial score (nSPS) is 14.1. The molecule has 1 aliphatic rings. The molecule has 1 heterocycles. The first-order valence-electron chi connectivity index (χ1n) is 8.10. The molecule has 0 saturated heterocycles. The van der Waals surface area contributed by atoms with E-state index in [1.807, 2.05) is 14.1 Å². The molecule has 0 aliphatic heterocycles. The second-order valence-corrected chi connectivity index (χ2v) is 6.47. The Morgan fingerprint density at radius 3 is 2.58 bits per heavy atom. The average Bonchev–Trinajstić information content (AvgIpc) is 2.56. The first kappa shape index (κ1) is 16.3. The zero-order valence-corrected chi connectivity index (χ0v) is 14.2. The molecule has 3 rings (SSSR count). The number of carbonyl (C=O) groups is 1. The molecule has 0 radical (unpaired) electrons. The minimum absolute atomic E-state index is 0.130. The zero-order chi connectivity index (χ0) is 17.4. The van der Waals surface area contributed by atoms with Crippen LogP contribution in [0.2, 0.25) is 0 Å². The van der Waals surface area contributed by atoms with Gasteiger partial charge in [-0.1, -0.05) is 0 Å². The van der Waals surface area contributed by atoms with Crippen LogP contribution in [0.1, 0.15) is 39.9 Å². The van der Waals surface area contributed by atoms with E-state index in [4.69, 9.17) is 4.42 Å². The Labute approximate surface area is 140 Å². The minimum Gasteiger partial charge on any atom is -0.507 e. The van der Waals surface area contributed by atoms with E-state index in [0.29, 0.717) is 23.1 Å². The summed E-state index contributed by atoms with van der Waals surface area (Å²) >= 11 is 0. The molecule has 0 spiro atoms. The predicted octanol–water partition coefficient (Wildman–Crippen LogP) is 2.94. The number of carbonyl (C=O) groups excluding carboxylic acids is 1. The number of nitrogens with zero attached hydrogens (tertiary/aromatic N) is 1. The second kappa shape index (κ2) is 6.15. The Balaban J connectivity index is 2.26. The predicted molar refractivity (Wildman–Crippen MR) is 92.7 cm³/mol. The summed E-state index contributed by atoms with van der Waals surface area (Å²) in [6, 6.07) is 1.66. The lowest BCUT2D eigenvalue weighted by Gasteiger charge is -2.18. The van der Waals surface area contributed by atoms with Gasteiger partial charge in [0, 0.05) is 42.9 Å². The van der Waals surface area contributed by atoms with E-state index in [2.05, 4.69) is 0 Å². The van der Waals surface area contributed by atoms with Gasteiger partial charge in [-0.05, 0) is 44.2 Å². The van der Waals surface area contributed by atoms with Crippen molar-refractivity contribution in [3.63, 3.8) is 0 Å². The molecule has 0 atom stereocenters. The maximum atomic E-state index is 12.4. The van der Waals surface area contributed by atoms with Gasteiger partial charge in [-0.15, -0.1) is 0 Å². The number of aromatic hydroxyl groups is 1. The Kier molecular flexibility index (Phi) is 4.18. The van der Waals surface area contributed by atoms with E-state index in [0.717, 1.165) is 30.2 Å². The molecule has 24 heavy (non-hydrogen) atoms. The Morgan fingerprint density at radius 1 is 1.25 bits per heavy atom. The van der Waals surface area contributed by atoms with Gasteiger partial charge in [0.25, 0.3) is 0 Å².